The van der Waals surface area contributed by atoms with Crippen LogP contribution in [0.4, 0.5) is 5.69 Å². The number of carbonyl (C=O) groups excluding carboxylic acids is 1. The number of nitrogens with zero attached hydrogens (tertiary/aromatic N) is 4. The van der Waals surface area contributed by atoms with Gasteiger partial charge in [-0.15, -0.1) is 0 Å². The first-order chi connectivity index (χ1) is 8.59. The van der Waals surface area contributed by atoms with E-state index in [-0.39, 0.29) is 11.6 Å². The molecule has 0 bridgehead atoms. The highest BCUT2D eigenvalue weighted by Gasteiger charge is 2.25. The number of aromatic nitrogens is 2. The molecule has 8 nitrogen and oxygen atoms in total. The molecule has 2 heterocycles. The average molecular weight is 254 g/mol. The summed E-state index contributed by atoms with van der Waals surface area (Å²) in [4.78, 5) is 23.8. The number of amides is 1. The van der Waals surface area contributed by atoms with E-state index in [9.17, 15) is 14.9 Å². The van der Waals surface area contributed by atoms with E-state index in [1.165, 1.54) is 10.9 Å². The van der Waals surface area contributed by atoms with E-state index in [4.69, 9.17) is 4.74 Å². The van der Waals surface area contributed by atoms with Gasteiger partial charge in [0.1, 0.15) is 18.4 Å². The zero-order valence-electron chi connectivity index (χ0n) is 9.98. The smallest absolute Gasteiger partial charge is 0.307 e. The van der Waals surface area contributed by atoms with E-state index in [0.717, 1.165) is 6.20 Å². The normalized spacial score (nSPS) is 17.5. The van der Waals surface area contributed by atoms with Crippen LogP contribution in [0, 0.1) is 10.1 Å². The number of carbonyl (C=O) groups is 1. The van der Waals surface area contributed by atoms with Crippen molar-refractivity contribution in [3.63, 3.8) is 0 Å². The Morgan fingerprint density at radius 3 is 2.78 bits per heavy atom. The number of hydrogen-bond donors (Lipinski definition) is 0. The molecule has 98 valence electrons. The summed E-state index contributed by atoms with van der Waals surface area (Å²) in [6, 6.07) is -0.545. The van der Waals surface area contributed by atoms with E-state index in [2.05, 4.69) is 5.10 Å². The lowest BCUT2D eigenvalue weighted by atomic mass is 10.2. The highest BCUT2D eigenvalue weighted by Crippen LogP contribution is 2.15. The van der Waals surface area contributed by atoms with Gasteiger partial charge in [-0.3, -0.25) is 19.6 Å². The highest BCUT2D eigenvalue weighted by molar-refractivity contribution is 5.80. The number of morpholine rings is 1. The molecule has 0 spiro atoms. The third-order valence-corrected chi connectivity index (χ3v) is 2.88. The third kappa shape index (κ3) is 2.48. The van der Waals surface area contributed by atoms with Crippen molar-refractivity contribution < 1.29 is 14.5 Å². The third-order valence-electron chi connectivity index (χ3n) is 2.88. The molecule has 1 aliphatic heterocycles. The van der Waals surface area contributed by atoms with Crippen LogP contribution < -0.4 is 0 Å². The fourth-order valence-electron chi connectivity index (χ4n) is 1.80. The van der Waals surface area contributed by atoms with Gasteiger partial charge in [-0.2, -0.15) is 5.10 Å². The zero-order valence-corrected chi connectivity index (χ0v) is 9.98. The van der Waals surface area contributed by atoms with Crippen molar-refractivity contribution in [1.82, 2.24) is 14.7 Å². The van der Waals surface area contributed by atoms with Gasteiger partial charge in [0.05, 0.1) is 18.1 Å². The predicted octanol–water partition coefficient (Wildman–Crippen LogP) is 0.211. The summed E-state index contributed by atoms with van der Waals surface area (Å²) >= 11 is 0. The minimum absolute atomic E-state index is 0.101. The van der Waals surface area contributed by atoms with Crippen LogP contribution in [-0.2, 0) is 9.53 Å². The fraction of sp³-hybridized carbons (Fsp3) is 0.600. The van der Waals surface area contributed by atoms with Crippen molar-refractivity contribution in [2.45, 2.75) is 13.0 Å². The minimum Gasteiger partial charge on any atom is -0.378 e. The Morgan fingerprint density at radius 1 is 1.56 bits per heavy atom. The molecule has 0 radical (unpaired) electrons. The largest absolute Gasteiger partial charge is 0.378 e. The van der Waals surface area contributed by atoms with Crippen molar-refractivity contribution >= 4 is 11.6 Å². The lowest BCUT2D eigenvalue weighted by molar-refractivity contribution is -0.385. The van der Waals surface area contributed by atoms with Crippen molar-refractivity contribution in [3.05, 3.63) is 22.5 Å². The molecule has 1 fully saturated rings. The molecule has 8 heteroatoms. The Kier molecular flexibility index (Phi) is 3.56. The topological polar surface area (TPSA) is 90.5 Å². The van der Waals surface area contributed by atoms with Crippen LogP contribution in [0.2, 0.25) is 0 Å². The van der Waals surface area contributed by atoms with Crippen molar-refractivity contribution in [2.75, 3.05) is 26.3 Å². The van der Waals surface area contributed by atoms with Crippen LogP contribution >= 0.6 is 0 Å². The molecular formula is C10H14N4O4. The summed E-state index contributed by atoms with van der Waals surface area (Å²) in [6.07, 6.45) is 2.41. The first-order valence-electron chi connectivity index (χ1n) is 5.64. The molecule has 0 aromatic carbocycles. The predicted molar refractivity (Wildman–Crippen MR) is 61.0 cm³/mol. The van der Waals surface area contributed by atoms with Crippen LogP contribution in [0.15, 0.2) is 12.4 Å². The first-order valence-corrected chi connectivity index (χ1v) is 5.64. The lowest BCUT2D eigenvalue weighted by Crippen LogP contribution is -2.43. The maximum absolute atomic E-state index is 12.1. The van der Waals surface area contributed by atoms with Gasteiger partial charge < -0.3 is 9.64 Å². The van der Waals surface area contributed by atoms with Gasteiger partial charge in [-0.05, 0) is 6.92 Å². The molecule has 1 atom stereocenters. The quantitative estimate of drug-likeness (QED) is 0.568. The summed E-state index contributed by atoms with van der Waals surface area (Å²) in [7, 11) is 0. The maximum atomic E-state index is 12.1. The van der Waals surface area contributed by atoms with Crippen LogP contribution in [0.3, 0.4) is 0 Å². The molecule has 1 aromatic heterocycles. The summed E-state index contributed by atoms with van der Waals surface area (Å²) in [5.41, 5.74) is -0.114. The molecule has 1 aliphatic rings. The molecule has 0 N–H and O–H groups in total. The van der Waals surface area contributed by atoms with Crippen molar-refractivity contribution in [1.29, 1.82) is 0 Å². The number of nitro groups is 1. The Hall–Kier alpha value is -1.96. The maximum Gasteiger partial charge on any atom is 0.307 e. The van der Waals surface area contributed by atoms with Gasteiger partial charge in [-0.1, -0.05) is 0 Å². The second-order valence-corrected chi connectivity index (χ2v) is 4.05. The molecule has 18 heavy (non-hydrogen) atoms. The molecule has 1 amide bonds. The van der Waals surface area contributed by atoms with Crippen molar-refractivity contribution in [3.8, 4) is 0 Å². The molecule has 2 rings (SSSR count). The summed E-state index contributed by atoms with van der Waals surface area (Å²) in [5, 5.41) is 14.4. The standard InChI is InChI=1S/C10H14N4O4/c1-8(10(15)12-2-4-18-5-3-12)13-7-9(6-11-13)14(16)17/h6-8H,2-5H2,1H3. The molecule has 0 aliphatic carbocycles. The Bertz CT molecular complexity index is 452. The van der Waals surface area contributed by atoms with Crippen LogP contribution in [0.1, 0.15) is 13.0 Å². The lowest BCUT2D eigenvalue weighted by Gasteiger charge is -2.29. The van der Waals surface area contributed by atoms with E-state index in [1.807, 2.05) is 0 Å². The van der Waals surface area contributed by atoms with Gasteiger partial charge in [0, 0.05) is 13.1 Å². The van der Waals surface area contributed by atoms with E-state index in [0.29, 0.717) is 26.3 Å². The van der Waals surface area contributed by atoms with Crippen LogP contribution in [0.25, 0.3) is 0 Å². The Balaban J connectivity index is 2.06. The summed E-state index contributed by atoms with van der Waals surface area (Å²) in [5.74, 6) is -0.101. The van der Waals surface area contributed by atoms with Crippen molar-refractivity contribution in [2.24, 2.45) is 0 Å². The number of rotatable bonds is 3. The van der Waals surface area contributed by atoms with Crippen LogP contribution in [-0.4, -0.2) is 51.8 Å². The van der Waals surface area contributed by atoms with Gasteiger partial charge in [-0.25, -0.2) is 0 Å². The minimum atomic E-state index is -0.545. The molecule has 1 saturated heterocycles. The van der Waals surface area contributed by atoms with E-state index in [1.54, 1.807) is 11.8 Å². The Labute approximate surface area is 103 Å². The number of hydrogen-bond acceptors (Lipinski definition) is 5. The SMILES string of the molecule is CC(C(=O)N1CCOCC1)n1cc([N+](=O)[O-])cn1. The fourth-order valence-corrected chi connectivity index (χ4v) is 1.80. The highest BCUT2D eigenvalue weighted by atomic mass is 16.6. The van der Waals surface area contributed by atoms with Gasteiger partial charge in [0.25, 0.3) is 0 Å². The van der Waals surface area contributed by atoms with Gasteiger partial charge in [0.2, 0.25) is 5.91 Å². The zero-order chi connectivity index (χ0) is 13.1. The van der Waals surface area contributed by atoms with Gasteiger partial charge in [0.15, 0.2) is 0 Å². The molecule has 1 unspecified atom stereocenters. The molecule has 1 aromatic rings. The molecular weight excluding hydrogens is 240 g/mol. The number of ether oxygens (including phenoxy) is 1. The van der Waals surface area contributed by atoms with E-state index >= 15 is 0 Å². The summed E-state index contributed by atoms with van der Waals surface area (Å²) in [6.45, 7) is 3.82. The van der Waals surface area contributed by atoms with Crippen LogP contribution in [0.5, 0.6) is 0 Å². The monoisotopic (exact) mass is 254 g/mol. The van der Waals surface area contributed by atoms with Gasteiger partial charge >= 0.3 is 5.69 Å². The first kappa shape index (κ1) is 12.5. The Morgan fingerprint density at radius 2 is 2.22 bits per heavy atom. The average Bonchev–Trinajstić information content (AvgIpc) is 2.88. The molecule has 0 saturated carbocycles. The summed E-state index contributed by atoms with van der Waals surface area (Å²) < 4.78 is 6.48. The second kappa shape index (κ2) is 5.13. The second-order valence-electron chi connectivity index (χ2n) is 4.05. The van der Waals surface area contributed by atoms with E-state index < -0.39 is 11.0 Å².